The smallest absolute Gasteiger partial charge is 0.305 e. The highest BCUT2D eigenvalue weighted by atomic mass is 16.5. The van der Waals surface area contributed by atoms with Gasteiger partial charge in [-0.15, -0.1) is 0 Å². The van der Waals surface area contributed by atoms with E-state index in [2.05, 4.69) is 18.2 Å². The summed E-state index contributed by atoms with van der Waals surface area (Å²) in [6.45, 7) is 2.87. The van der Waals surface area contributed by atoms with Crippen molar-refractivity contribution >= 4 is 11.7 Å². The van der Waals surface area contributed by atoms with E-state index in [0.29, 0.717) is 25.3 Å². The van der Waals surface area contributed by atoms with E-state index in [0.717, 1.165) is 31.4 Å². The molecule has 0 aromatic heterocycles. The number of carbonyl (C=O) groups excluding carboxylic acids is 1. The van der Waals surface area contributed by atoms with Gasteiger partial charge in [-0.05, 0) is 55.9 Å². The van der Waals surface area contributed by atoms with Gasteiger partial charge in [0.1, 0.15) is 5.75 Å². The molecule has 0 saturated carbocycles. The molecule has 0 radical (unpaired) electrons. The zero-order chi connectivity index (χ0) is 17.9. The second kappa shape index (κ2) is 10.4. The van der Waals surface area contributed by atoms with Crippen LogP contribution in [-0.2, 0) is 16.0 Å². The van der Waals surface area contributed by atoms with Crippen LogP contribution >= 0.6 is 0 Å². The van der Waals surface area contributed by atoms with Crippen molar-refractivity contribution < 1.29 is 14.3 Å². The second-order valence-electron chi connectivity index (χ2n) is 6.00. The van der Waals surface area contributed by atoms with Crippen LogP contribution in [0.2, 0.25) is 0 Å². The van der Waals surface area contributed by atoms with E-state index in [1.807, 2.05) is 37.3 Å². The molecule has 0 fully saturated rings. The molecule has 2 aromatic carbocycles. The minimum atomic E-state index is -0.123. The summed E-state index contributed by atoms with van der Waals surface area (Å²) in [7, 11) is 0. The fourth-order valence-corrected chi connectivity index (χ4v) is 2.63. The lowest BCUT2D eigenvalue weighted by molar-refractivity contribution is -0.143. The molecule has 0 aliphatic carbocycles. The minimum absolute atomic E-state index is 0.123. The van der Waals surface area contributed by atoms with Gasteiger partial charge in [0, 0.05) is 6.42 Å². The molecule has 0 aliphatic heterocycles. The number of carbonyl (C=O) groups is 1. The Kier molecular flexibility index (Phi) is 7.83. The number of anilines is 1. The first-order valence-electron chi connectivity index (χ1n) is 8.89. The zero-order valence-corrected chi connectivity index (χ0v) is 14.9. The van der Waals surface area contributed by atoms with Crippen molar-refractivity contribution in [3.05, 3.63) is 59.7 Å². The summed E-state index contributed by atoms with van der Waals surface area (Å²) in [6, 6.07) is 16.3. The van der Waals surface area contributed by atoms with Gasteiger partial charge in [-0.25, -0.2) is 0 Å². The van der Waals surface area contributed by atoms with Gasteiger partial charge in [0.05, 0.1) is 18.9 Å². The van der Waals surface area contributed by atoms with Crippen LogP contribution in [0.4, 0.5) is 5.69 Å². The Balaban J connectivity index is 1.71. The molecular formula is C21H27NO3. The highest BCUT2D eigenvalue weighted by Gasteiger charge is 2.04. The van der Waals surface area contributed by atoms with Crippen LogP contribution in [0.25, 0.3) is 0 Å². The molecule has 2 N–H and O–H groups in total. The van der Waals surface area contributed by atoms with Gasteiger partial charge in [0.15, 0.2) is 0 Å². The standard InChI is InChI=1S/C21H27NO3/c1-2-24-21(23)11-7-4-8-14-25-20-13-12-18(16-19(20)22)15-17-9-5-3-6-10-17/h3,5-6,9-10,12-13,16H,2,4,7-8,11,14-15,22H2,1H3. The van der Waals surface area contributed by atoms with Crippen LogP contribution in [0.5, 0.6) is 5.75 Å². The fraction of sp³-hybridized carbons (Fsp3) is 0.381. The largest absolute Gasteiger partial charge is 0.491 e. The molecule has 0 amide bonds. The van der Waals surface area contributed by atoms with E-state index < -0.39 is 0 Å². The van der Waals surface area contributed by atoms with Crippen molar-refractivity contribution in [1.29, 1.82) is 0 Å². The Morgan fingerprint density at radius 2 is 1.80 bits per heavy atom. The van der Waals surface area contributed by atoms with Gasteiger partial charge in [-0.3, -0.25) is 4.79 Å². The van der Waals surface area contributed by atoms with E-state index in [1.54, 1.807) is 0 Å². The molecule has 0 spiro atoms. The van der Waals surface area contributed by atoms with Crippen molar-refractivity contribution in [2.24, 2.45) is 0 Å². The van der Waals surface area contributed by atoms with Crippen LogP contribution in [0.15, 0.2) is 48.5 Å². The number of esters is 1. The average Bonchev–Trinajstić information content (AvgIpc) is 2.60. The summed E-state index contributed by atoms with van der Waals surface area (Å²) in [5.74, 6) is 0.601. The van der Waals surface area contributed by atoms with Gasteiger partial charge >= 0.3 is 5.97 Å². The summed E-state index contributed by atoms with van der Waals surface area (Å²) < 4.78 is 10.7. The van der Waals surface area contributed by atoms with E-state index in [4.69, 9.17) is 15.2 Å². The molecular weight excluding hydrogens is 314 g/mol. The molecule has 0 heterocycles. The van der Waals surface area contributed by atoms with Gasteiger partial charge in [0.25, 0.3) is 0 Å². The van der Waals surface area contributed by atoms with Gasteiger partial charge in [0.2, 0.25) is 0 Å². The summed E-state index contributed by atoms with van der Waals surface area (Å²) in [4.78, 5) is 11.2. The lowest BCUT2D eigenvalue weighted by atomic mass is 10.0. The predicted octanol–water partition coefficient (Wildman–Crippen LogP) is 4.36. The molecule has 2 aromatic rings. The maximum absolute atomic E-state index is 11.2. The lowest BCUT2D eigenvalue weighted by Crippen LogP contribution is -2.04. The highest BCUT2D eigenvalue weighted by molar-refractivity contribution is 5.69. The Labute approximate surface area is 150 Å². The summed E-state index contributed by atoms with van der Waals surface area (Å²) in [5.41, 5.74) is 9.20. The van der Waals surface area contributed by atoms with Crippen LogP contribution < -0.4 is 10.5 Å². The fourth-order valence-electron chi connectivity index (χ4n) is 2.63. The van der Waals surface area contributed by atoms with Crippen molar-refractivity contribution in [3.8, 4) is 5.75 Å². The molecule has 0 bridgehead atoms. The van der Waals surface area contributed by atoms with E-state index in [1.165, 1.54) is 11.1 Å². The third kappa shape index (κ3) is 6.87. The molecule has 4 nitrogen and oxygen atoms in total. The second-order valence-corrected chi connectivity index (χ2v) is 6.00. The first-order valence-corrected chi connectivity index (χ1v) is 8.89. The molecule has 0 unspecified atom stereocenters. The zero-order valence-electron chi connectivity index (χ0n) is 14.9. The van der Waals surface area contributed by atoms with Crippen LogP contribution in [0, 0.1) is 0 Å². The van der Waals surface area contributed by atoms with Crippen LogP contribution in [0.1, 0.15) is 43.7 Å². The molecule has 25 heavy (non-hydrogen) atoms. The number of rotatable bonds is 10. The Morgan fingerprint density at radius 1 is 1.00 bits per heavy atom. The molecule has 4 heteroatoms. The van der Waals surface area contributed by atoms with Gasteiger partial charge < -0.3 is 15.2 Å². The van der Waals surface area contributed by atoms with Crippen molar-refractivity contribution in [2.75, 3.05) is 18.9 Å². The number of hydrogen-bond acceptors (Lipinski definition) is 4. The van der Waals surface area contributed by atoms with E-state index in [9.17, 15) is 4.79 Å². The van der Waals surface area contributed by atoms with Crippen LogP contribution in [-0.4, -0.2) is 19.2 Å². The number of nitrogen functional groups attached to an aromatic ring is 1. The Hall–Kier alpha value is -2.49. The monoisotopic (exact) mass is 341 g/mol. The molecule has 0 aliphatic rings. The molecule has 134 valence electrons. The van der Waals surface area contributed by atoms with Gasteiger partial charge in [-0.2, -0.15) is 0 Å². The number of hydrogen-bond donors (Lipinski definition) is 1. The quantitative estimate of drug-likeness (QED) is 0.396. The third-order valence-electron chi connectivity index (χ3n) is 3.91. The maximum atomic E-state index is 11.2. The topological polar surface area (TPSA) is 61.5 Å². The molecule has 0 saturated heterocycles. The Bertz CT molecular complexity index is 655. The number of ether oxygens (including phenoxy) is 2. The van der Waals surface area contributed by atoms with Gasteiger partial charge in [-0.1, -0.05) is 36.4 Å². The normalized spacial score (nSPS) is 10.4. The Morgan fingerprint density at radius 3 is 2.52 bits per heavy atom. The average molecular weight is 341 g/mol. The predicted molar refractivity (Wildman–Crippen MR) is 101 cm³/mol. The van der Waals surface area contributed by atoms with Crippen molar-refractivity contribution in [3.63, 3.8) is 0 Å². The maximum Gasteiger partial charge on any atom is 0.305 e. The number of nitrogens with two attached hydrogens (primary N) is 1. The third-order valence-corrected chi connectivity index (χ3v) is 3.91. The van der Waals surface area contributed by atoms with Crippen molar-refractivity contribution in [1.82, 2.24) is 0 Å². The summed E-state index contributed by atoms with van der Waals surface area (Å²) >= 11 is 0. The minimum Gasteiger partial charge on any atom is -0.491 e. The number of unbranched alkanes of at least 4 members (excludes halogenated alkanes) is 2. The molecule has 0 atom stereocenters. The molecule has 2 rings (SSSR count). The summed E-state index contributed by atoms with van der Waals surface area (Å²) in [5, 5.41) is 0. The SMILES string of the molecule is CCOC(=O)CCCCCOc1ccc(Cc2ccccc2)cc1N. The highest BCUT2D eigenvalue weighted by Crippen LogP contribution is 2.24. The lowest BCUT2D eigenvalue weighted by Gasteiger charge is -2.11. The number of benzene rings is 2. The van der Waals surface area contributed by atoms with Crippen molar-refractivity contribution in [2.45, 2.75) is 39.0 Å². The first-order chi connectivity index (χ1) is 12.2. The van der Waals surface area contributed by atoms with E-state index in [-0.39, 0.29) is 5.97 Å². The van der Waals surface area contributed by atoms with E-state index >= 15 is 0 Å². The summed E-state index contributed by atoms with van der Waals surface area (Å²) in [6.07, 6.45) is 3.99. The van der Waals surface area contributed by atoms with Crippen LogP contribution in [0.3, 0.4) is 0 Å². The first kappa shape index (κ1) is 18.8.